The molecular weight excluding hydrogens is 222 g/mol. The van der Waals surface area contributed by atoms with Gasteiger partial charge >= 0.3 is 6.09 Å². The summed E-state index contributed by atoms with van der Waals surface area (Å²) in [7, 11) is 0. The second-order valence-electron chi connectivity index (χ2n) is 4.50. The predicted octanol–water partition coefficient (Wildman–Crippen LogP) is 1.62. The lowest BCUT2D eigenvalue weighted by Gasteiger charge is -2.32. The fourth-order valence-corrected chi connectivity index (χ4v) is 2.66. The van der Waals surface area contributed by atoms with Crippen LogP contribution in [0.3, 0.4) is 0 Å². The van der Waals surface area contributed by atoms with Gasteiger partial charge in [0.05, 0.1) is 6.54 Å². The average Bonchev–Trinajstić information content (AvgIpc) is 2.64. The van der Waals surface area contributed by atoms with Crippen molar-refractivity contribution in [2.45, 2.75) is 18.4 Å². The highest BCUT2D eigenvalue weighted by Gasteiger charge is 2.40. The van der Waals surface area contributed by atoms with Gasteiger partial charge in [-0.15, -0.1) is 0 Å². The molecule has 5 heteroatoms. The van der Waals surface area contributed by atoms with Gasteiger partial charge < -0.3 is 19.8 Å². The number of carboxylic acid groups (broad SMARTS) is 1. The molecule has 2 aliphatic rings. The van der Waals surface area contributed by atoms with Gasteiger partial charge in [0.15, 0.2) is 0 Å². The van der Waals surface area contributed by atoms with Crippen molar-refractivity contribution in [3.05, 3.63) is 23.8 Å². The molecule has 1 amide bonds. The van der Waals surface area contributed by atoms with E-state index in [0.29, 0.717) is 18.8 Å². The number of fused-ring (bicyclic) bond motifs is 3. The zero-order chi connectivity index (χ0) is 12.0. The molecule has 2 aliphatic heterocycles. The Labute approximate surface area is 98.2 Å². The molecule has 2 N–H and O–H groups in total. The summed E-state index contributed by atoms with van der Waals surface area (Å²) in [5, 5.41) is 18.3. The lowest BCUT2D eigenvalue weighted by molar-refractivity contribution is 0.0812. The molecule has 17 heavy (non-hydrogen) atoms. The van der Waals surface area contributed by atoms with Crippen LogP contribution in [0.5, 0.6) is 11.5 Å². The van der Waals surface area contributed by atoms with E-state index in [4.69, 9.17) is 9.84 Å². The van der Waals surface area contributed by atoms with Crippen molar-refractivity contribution in [3.63, 3.8) is 0 Å². The van der Waals surface area contributed by atoms with E-state index >= 15 is 0 Å². The van der Waals surface area contributed by atoms with Gasteiger partial charge in [-0.2, -0.15) is 0 Å². The molecule has 1 fully saturated rings. The molecule has 1 aromatic rings. The molecule has 90 valence electrons. The number of aromatic hydroxyl groups is 1. The number of carbonyl (C=O) groups is 1. The zero-order valence-corrected chi connectivity index (χ0v) is 9.17. The van der Waals surface area contributed by atoms with Crippen LogP contribution in [0.4, 0.5) is 4.79 Å². The fraction of sp³-hybridized carbons (Fsp3) is 0.417. The molecule has 1 saturated heterocycles. The van der Waals surface area contributed by atoms with E-state index in [1.807, 2.05) is 6.07 Å². The maximum absolute atomic E-state index is 10.9. The van der Waals surface area contributed by atoms with Crippen LogP contribution in [0.2, 0.25) is 0 Å². The largest absolute Gasteiger partial charge is 0.508 e. The number of hydrogen-bond acceptors (Lipinski definition) is 3. The first-order chi connectivity index (χ1) is 8.15. The SMILES string of the molecule is O=C(O)N1CCC2c3ccc(O)cc3OC2C1. The van der Waals surface area contributed by atoms with Crippen molar-refractivity contribution >= 4 is 6.09 Å². The van der Waals surface area contributed by atoms with Gasteiger partial charge in [0.25, 0.3) is 0 Å². The first kappa shape index (κ1) is 10.3. The number of benzene rings is 1. The van der Waals surface area contributed by atoms with Crippen molar-refractivity contribution < 1.29 is 19.7 Å². The van der Waals surface area contributed by atoms with Crippen LogP contribution in [0.1, 0.15) is 17.9 Å². The van der Waals surface area contributed by atoms with Gasteiger partial charge in [-0.1, -0.05) is 6.07 Å². The minimum absolute atomic E-state index is 0.114. The molecule has 0 spiro atoms. The van der Waals surface area contributed by atoms with E-state index < -0.39 is 6.09 Å². The molecule has 0 aromatic heterocycles. The van der Waals surface area contributed by atoms with Crippen molar-refractivity contribution in [2.24, 2.45) is 0 Å². The van der Waals surface area contributed by atoms with E-state index in [1.54, 1.807) is 12.1 Å². The molecule has 0 aliphatic carbocycles. The van der Waals surface area contributed by atoms with E-state index in [-0.39, 0.29) is 17.8 Å². The number of phenols is 1. The van der Waals surface area contributed by atoms with E-state index in [1.165, 1.54) is 4.90 Å². The van der Waals surface area contributed by atoms with Crippen molar-refractivity contribution in [2.75, 3.05) is 13.1 Å². The minimum Gasteiger partial charge on any atom is -0.508 e. The Morgan fingerprint density at radius 1 is 1.47 bits per heavy atom. The Morgan fingerprint density at radius 2 is 2.29 bits per heavy atom. The molecular formula is C12H13NO4. The summed E-state index contributed by atoms with van der Waals surface area (Å²) < 4.78 is 5.71. The Balaban J connectivity index is 1.86. The minimum atomic E-state index is -0.897. The van der Waals surface area contributed by atoms with Crippen LogP contribution < -0.4 is 4.74 Å². The van der Waals surface area contributed by atoms with Gasteiger partial charge in [0, 0.05) is 24.1 Å². The van der Waals surface area contributed by atoms with Gasteiger partial charge in [0.2, 0.25) is 0 Å². The maximum Gasteiger partial charge on any atom is 0.407 e. The summed E-state index contributed by atoms with van der Waals surface area (Å²) in [5.41, 5.74) is 1.08. The number of hydrogen-bond donors (Lipinski definition) is 2. The maximum atomic E-state index is 10.9. The van der Waals surface area contributed by atoms with Gasteiger partial charge in [-0.25, -0.2) is 4.79 Å². The van der Waals surface area contributed by atoms with Crippen LogP contribution >= 0.6 is 0 Å². The topological polar surface area (TPSA) is 70.0 Å². The van der Waals surface area contributed by atoms with E-state index in [2.05, 4.69) is 0 Å². The van der Waals surface area contributed by atoms with Gasteiger partial charge in [0.1, 0.15) is 17.6 Å². The third kappa shape index (κ3) is 1.58. The standard InChI is InChI=1S/C12H13NO4/c14-7-1-2-8-9-3-4-13(12(15)16)6-11(9)17-10(8)5-7/h1-2,5,9,11,14H,3-4,6H2,(H,15,16). The normalized spacial score (nSPS) is 26.0. The van der Waals surface area contributed by atoms with Crippen LogP contribution in [-0.2, 0) is 0 Å². The molecule has 2 atom stereocenters. The third-order valence-electron chi connectivity index (χ3n) is 3.50. The Bertz CT molecular complexity index is 474. The Morgan fingerprint density at radius 3 is 3.06 bits per heavy atom. The number of ether oxygens (including phenoxy) is 1. The average molecular weight is 235 g/mol. The summed E-state index contributed by atoms with van der Waals surface area (Å²) >= 11 is 0. The zero-order valence-electron chi connectivity index (χ0n) is 9.17. The van der Waals surface area contributed by atoms with Crippen LogP contribution in [0.15, 0.2) is 18.2 Å². The summed E-state index contributed by atoms with van der Waals surface area (Å²) in [6, 6.07) is 5.11. The molecule has 5 nitrogen and oxygen atoms in total. The number of piperidine rings is 1. The number of rotatable bonds is 0. The molecule has 3 rings (SSSR count). The van der Waals surface area contributed by atoms with Crippen molar-refractivity contribution in [3.8, 4) is 11.5 Å². The predicted molar refractivity (Wildman–Crippen MR) is 59.5 cm³/mol. The van der Waals surface area contributed by atoms with E-state index in [9.17, 15) is 9.90 Å². The molecule has 1 aromatic carbocycles. The third-order valence-corrected chi connectivity index (χ3v) is 3.50. The number of nitrogens with zero attached hydrogens (tertiary/aromatic N) is 1. The van der Waals surface area contributed by atoms with Crippen molar-refractivity contribution in [1.82, 2.24) is 4.90 Å². The smallest absolute Gasteiger partial charge is 0.407 e. The highest BCUT2D eigenvalue weighted by molar-refractivity contribution is 5.65. The highest BCUT2D eigenvalue weighted by atomic mass is 16.5. The summed E-state index contributed by atoms with van der Waals surface area (Å²) in [6.45, 7) is 0.940. The van der Waals surface area contributed by atoms with Gasteiger partial charge in [-0.3, -0.25) is 0 Å². The molecule has 2 heterocycles. The lowest BCUT2D eigenvalue weighted by atomic mass is 9.89. The monoisotopic (exact) mass is 235 g/mol. The second-order valence-corrected chi connectivity index (χ2v) is 4.50. The fourth-order valence-electron chi connectivity index (χ4n) is 2.66. The number of phenolic OH excluding ortho intramolecular Hbond substituents is 1. The first-order valence-electron chi connectivity index (χ1n) is 5.62. The Hall–Kier alpha value is -1.91. The first-order valence-corrected chi connectivity index (χ1v) is 5.62. The van der Waals surface area contributed by atoms with Crippen LogP contribution in [0.25, 0.3) is 0 Å². The second kappa shape index (κ2) is 3.55. The molecule has 2 unspecified atom stereocenters. The van der Waals surface area contributed by atoms with Crippen LogP contribution in [0, 0.1) is 0 Å². The molecule has 0 saturated carbocycles. The molecule has 0 bridgehead atoms. The Kier molecular flexibility index (Phi) is 2.14. The van der Waals surface area contributed by atoms with Crippen molar-refractivity contribution in [1.29, 1.82) is 0 Å². The summed E-state index contributed by atoms with van der Waals surface area (Å²) in [6.07, 6.45) is -0.239. The van der Waals surface area contributed by atoms with E-state index in [0.717, 1.165) is 12.0 Å². The quantitative estimate of drug-likeness (QED) is 0.717. The number of likely N-dealkylation sites (tertiary alicyclic amines) is 1. The lowest BCUT2D eigenvalue weighted by Crippen LogP contribution is -2.45. The molecule has 0 radical (unpaired) electrons. The van der Waals surface area contributed by atoms with Crippen LogP contribution in [-0.4, -0.2) is 40.4 Å². The van der Waals surface area contributed by atoms with Gasteiger partial charge in [-0.05, 0) is 12.5 Å². The summed E-state index contributed by atoms with van der Waals surface area (Å²) in [4.78, 5) is 12.3. The highest BCUT2D eigenvalue weighted by Crippen LogP contribution is 2.43. The summed E-state index contributed by atoms with van der Waals surface area (Å²) in [5.74, 6) is 1.12. The number of amides is 1.